The fraction of sp³-hybridized carbons (Fsp3) is 0.333. The van der Waals surface area contributed by atoms with Gasteiger partial charge in [-0.1, -0.05) is 6.07 Å². The van der Waals surface area contributed by atoms with Crippen molar-refractivity contribution in [1.29, 1.82) is 0 Å². The third-order valence-electron chi connectivity index (χ3n) is 2.44. The number of thiazole rings is 1. The number of nitrogens with zero attached hydrogens (tertiary/aromatic N) is 1. The van der Waals surface area contributed by atoms with Gasteiger partial charge in [-0.15, -0.1) is 22.7 Å². The average molecular weight is 330 g/mol. The molecule has 108 valence electrons. The van der Waals surface area contributed by atoms with Crippen LogP contribution in [-0.4, -0.2) is 31.3 Å². The van der Waals surface area contributed by atoms with E-state index in [4.69, 9.17) is 0 Å². The monoisotopic (exact) mass is 330 g/mol. The summed E-state index contributed by atoms with van der Waals surface area (Å²) in [5.41, 5.74) is 0.844. The number of rotatable bonds is 6. The third-order valence-corrected chi connectivity index (χ3v) is 5.12. The Balaban J connectivity index is 1.86. The summed E-state index contributed by atoms with van der Waals surface area (Å²) in [6.45, 7) is 0. The molecule has 1 amide bonds. The van der Waals surface area contributed by atoms with Gasteiger partial charge in [0.1, 0.15) is 9.84 Å². The molecule has 8 heteroatoms. The zero-order valence-electron chi connectivity index (χ0n) is 10.8. The minimum absolute atomic E-state index is 0.0265. The molecule has 0 fully saturated rings. The minimum Gasteiger partial charge on any atom is -0.302 e. The van der Waals surface area contributed by atoms with E-state index in [1.807, 2.05) is 22.9 Å². The summed E-state index contributed by atoms with van der Waals surface area (Å²) in [6, 6.07) is 3.92. The summed E-state index contributed by atoms with van der Waals surface area (Å²) < 4.78 is 21.9. The van der Waals surface area contributed by atoms with Gasteiger partial charge in [-0.2, -0.15) is 0 Å². The highest BCUT2D eigenvalue weighted by atomic mass is 32.2. The predicted molar refractivity (Wildman–Crippen MR) is 83.0 cm³/mol. The van der Waals surface area contributed by atoms with Gasteiger partial charge in [-0.25, -0.2) is 13.4 Å². The first-order valence-corrected chi connectivity index (χ1v) is 9.73. The smallest absolute Gasteiger partial charge is 0.226 e. The van der Waals surface area contributed by atoms with Crippen molar-refractivity contribution in [2.24, 2.45) is 0 Å². The lowest BCUT2D eigenvalue weighted by molar-refractivity contribution is -0.116. The molecule has 1 N–H and O–H groups in total. The Bertz CT molecular complexity index is 675. The topological polar surface area (TPSA) is 76.1 Å². The Morgan fingerprint density at radius 3 is 2.85 bits per heavy atom. The van der Waals surface area contributed by atoms with Crippen LogP contribution in [0.1, 0.15) is 12.8 Å². The van der Waals surface area contributed by atoms with Crippen LogP contribution >= 0.6 is 22.7 Å². The van der Waals surface area contributed by atoms with Gasteiger partial charge in [0, 0.05) is 18.1 Å². The lowest BCUT2D eigenvalue weighted by atomic mass is 10.3. The van der Waals surface area contributed by atoms with E-state index in [1.165, 1.54) is 17.6 Å². The third kappa shape index (κ3) is 4.69. The van der Waals surface area contributed by atoms with Crippen molar-refractivity contribution >= 4 is 43.5 Å². The van der Waals surface area contributed by atoms with E-state index in [-0.39, 0.29) is 18.1 Å². The number of sulfone groups is 1. The summed E-state index contributed by atoms with van der Waals surface area (Å²) in [7, 11) is -3.01. The van der Waals surface area contributed by atoms with Crippen LogP contribution in [0.15, 0.2) is 22.9 Å². The molecule has 0 aliphatic rings. The van der Waals surface area contributed by atoms with Crippen LogP contribution < -0.4 is 5.32 Å². The summed E-state index contributed by atoms with van der Waals surface area (Å²) in [5.74, 6) is -0.181. The molecule has 5 nitrogen and oxygen atoms in total. The van der Waals surface area contributed by atoms with Gasteiger partial charge >= 0.3 is 0 Å². The molecule has 2 aromatic heterocycles. The lowest BCUT2D eigenvalue weighted by Crippen LogP contribution is -2.13. The van der Waals surface area contributed by atoms with Gasteiger partial charge in [0.25, 0.3) is 0 Å². The molecule has 0 saturated heterocycles. The number of thiophene rings is 1. The molecule has 0 atom stereocenters. The highest BCUT2D eigenvalue weighted by Crippen LogP contribution is 2.28. The average Bonchev–Trinajstić information content (AvgIpc) is 2.96. The molecular weight excluding hydrogens is 316 g/mol. The van der Waals surface area contributed by atoms with Crippen LogP contribution in [0.3, 0.4) is 0 Å². The van der Waals surface area contributed by atoms with E-state index < -0.39 is 9.84 Å². The van der Waals surface area contributed by atoms with Gasteiger partial charge in [0.15, 0.2) is 5.13 Å². The largest absolute Gasteiger partial charge is 0.302 e. The van der Waals surface area contributed by atoms with Crippen molar-refractivity contribution in [1.82, 2.24) is 4.98 Å². The number of carbonyl (C=O) groups is 1. The Kier molecular flexibility index (Phi) is 4.90. The first kappa shape index (κ1) is 15.1. The SMILES string of the molecule is CS(=O)(=O)CCCC(=O)Nc1nc(-c2cccs2)cs1. The van der Waals surface area contributed by atoms with Crippen molar-refractivity contribution in [3.63, 3.8) is 0 Å². The Morgan fingerprint density at radius 2 is 2.20 bits per heavy atom. The summed E-state index contributed by atoms with van der Waals surface area (Å²) in [6.07, 6.45) is 1.67. The van der Waals surface area contributed by atoms with E-state index in [9.17, 15) is 13.2 Å². The highest BCUT2D eigenvalue weighted by molar-refractivity contribution is 7.90. The van der Waals surface area contributed by atoms with Crippen molar-refractivity contribution < 1.29 is 13.2 Å². The van der Waals surface area contributed by atoms with Gasteiger partial charge in [0.2, 0.25) is 5.91 Å². The molecule has 0 aromatic carbocycles. The second kappa shape index (κ2) is 6.47. The van der Waals surface area contributed by atoms with E-state index in [0.717, 1.165) is 10.6 Å². The van der Waals surface area contributed by atoms with Crippen LogP contribution in [0, 0.1) is 0 Å². The second-order valence-electron chi connectivity index (χ2n) is 4.30. The summed E-state index contributed by atoms with van der Waals surface area (Å²) in [5, 5.41) is 7.09. The number of hydrogen-bond donors (Lipinski definition) is 1. The van der Waals surface area contributed by atoms with Crippen LogP contribution in [0.25, 0.3) is 10.6 Å². The molecule has 2 rings (SSSR count). The van der Waals surface area contributed by atoms with Gasteiger partial charge in [-0.05, 0) is 17.9 Å². The summed E-state index contributed by atoms with van der Waals surface area (Å²) in [4.78, 5) is 17.0. The number of hydrogen-bond acceptors (Lipinski definition) is 6. The van der Waals surface area contributed by atoms with E-state index in [2.05, 4.69) is 10.3 Å². The first-order valence-electron chi connectivity index (χ1n) is 5.91. The lowest BCUT2D eigenvalue weighted by Gasteiger charge is -2.00. The summed E-state index contributed by atoms with van der Waals surface area (Å²) >= 11 is 2.95. The van der Waals surface area contributed by atoms with E-state index >= 15 is 0 Å². The molecule has 20 heavy (non-hydrogen) atoms. The fourth-order valence-electron chi connectivity index (χ4n) is 1.55. The van der Waals surface area contributed by atoms with Crippen LogP contribution in [0.4, 0.5) is 5.13 Å². The van der Waals surface area contributed by atoms with Crippen molar-refractivity contribution in [2.45, 2.75) is 12.8 Å². The predicted octanol–water partition coefficient (Wildman–Crippen LogP) is 2.63. The first-order chi connectivity index (χ1) is 9.44. The zero-order valence-corrected chi connectivity index (χ0v) is 13.3. The number of nitrogens with one attached hydrogen (secondary N) is 1. The molecule has 0 unspecified atom stereocenters. The maximum atomic E-state index is 11.7. The van der Waals surface area contributed by atoms with Gasteiger partial charge < -0.3 is 5.32 Å². The van der Waals surface area contributed by atoms with Crippen LogP contribution in [-0.2, 0) is 14.6 Å². The molecule has 2 heterocycles. The molecule has 0 aliphatic carbocycles. The Morgan fingerprint density at radius 1 is 1.40 bits per heavy atom. The normalized spacial score (nSPS) is 11.4. The highest BCUT2D eigenvalue weighted by Gasteiger charge is 2.10. The molecule has 0 saturated carbocycles. The van der Waals surface area contributed by atoms with Gasteiger partial charge in [0.05, 0.1) is 16.3 Å². The molecule has 2 aromatic rings. The quantitative estimate of drug-likeness (QED) is 0.883. The Labute approximate surface area is 125 Å². The second-order valence-corrected chi connectivity index (χ2v) is 8.36. The molecular formula is C12H14N2O3S3. The van der Waals surface area contributed by atoms with Crippen molar-refractivity contribution in [3.8, 4) is 10.6 Å². The number of aromatic nitrogens is 1. The van der Waals surface area contributed by atoms with Crippen LogP contribution in [0.5, 0.6) is 0 Å². The van der Waals surface area contributed by atoms with Gasteiger partial charge in [-0.3, -0.25) is 4.79 Å². The molecule has 0 spiro atoms. The minimum atomic E-state index is -3.01. The number of carbonyl (C=O) groups excluding carboxylic acids is 1. The fourth-order valence-corrected chi connectivity index (χ4v) is 3.70. The molecule has 0 radical (unpaired) electrons. The van der Waals surface area contributed by atoms with Crippen molar-refractivity contribution in [3.05, 3.63) is 22.9 Å². The van der Waals surface area contributed by atoms with E-state index in [1.54, 1.807) is 11.3 Å². The van der Waals surface area contributed by atoms with Crippen molar-refractivity contribution in [2.75, 3.05) is 17.3 Å². The van der Waals surface area contributed by atoms with E-state index in [0.29, 0.717) is 11.6 Å². The molecule has 0 bridgehead atoms. The maximum absolute atomic E-state index is 11.7. The maximum Gasteiger partial charge on any atom is 0.226 e. The Hall–Kier alpha value is -1.25. The molecule has 0 aliphatic heterocycles. The zero-order chi connectivity index (χ0) is 14.6. The van der Waals surface area contributed by atoms with Crippen LogP contribution in [0.2, 0.25) is 0 Å². The standard InChI is InChI=1S/C12H14N2O3S3/c1-20(16,17)7-3-5-11(15)14-12-13-9(8-19-12)10-4-2-6-18-10/h2,4,6,8H,3,5,7H2,1H3,(H,13,14,15). The number of amides is 1. The number of anilines is 1.